The Balaban J connectivity index is 1.38. The number of nitrogens with one attached hydrogen (secondary N) is 1. The molecule has 0 aliphatic heterocycles. The normalized spacial score (nSPS) is 11.5. The number of hydrogen-bond donors (Lipinski definition) is 2. The third kappa shape index (κ3) is 5.74. The number of carbonyl (C=O) groups is 1. The van der Waals surface area contributed by atoms with E-state index in [1.807, 2.05) is 41.8 Å². The van der Waals surface area contributed by atoms with E-state index in [2.05, 4.69) is 15.5 Å². The monoisotopic (exact) mass is 497 g/mol. The number of benzene rings is 2. The van der Waals surface area contributed by atoms with Crippen LogP contribution in [-0.2, 0) is 21.2 Å². The minimum Gasteiger partial charge on any atom is -0.461 e. The molecule has 0 spiro atoms. The smallest absolute Gasteiger partial charge is 0.238 e. The van der Waals surface area contributed by atoms with Gasteiger partial charge in [0.25, 0.3) is 0 Å². The minimum absolute atomic E-state index is 0.0586. The third-order valence-corrected chi connectivity index (χ3v) is 6.85. The van der Waals surface area contributed by atoms with Gasteiger partial charge in [0, 0.05) is 12.2 Å². The molecule has 4 aromatic rings. The second-order valence-electron chi connectivity index (χ2n) is 7.53. The van der Waals surface area contributed by atoms with Crippen LogP contribution < -0.4 is 10.5 Å². The fourth-order valence-corrected chi connectivity index (χ4v) is 4.53. The fraction of sp³-hybridized carbons (Fsp3) is 0.174. The Morgan fingerprint density at radius 1 is 1.09 bits per heavy atom. The van der Waals surface area contributed by atoms with Gasteiger partial charge in [0.15, 0.2) is 10.9 Å². The highest BCUT2D eigenvalue weighted by atomic mass is 32.2. The van der Waals surface area contributed by atoms with Crippen molar-refractivity contribution in [3.05, 3.63) is 78.1 Å². The van der Waals surface area contributed by atoms with Gasteiger partial charge in [0.05, 0.1) is 16.9 Å². The zero-order valence-corrected chi connectivity index (χ0v) is 20.0. The molecule has 2 aromatic carbocycles. The largest absolute Gasteiger partial charge is 0.461 e. The molecule has 2 aromatic heterocycles. The van der Waals surface area contributed by atoms with Crippen LogP contribution in [0.3, 0.4) is 0 Å². The van der Waals surface area contributed by atoms with Gasteiger partial charge in [-0.1, -0.05) is 41.6 Å². The van der Waals surface area contributed by atoms with Crippen LogP contribution in [0.1, 0.15) is 11.1 Å². The van der Waals surface area contributed by atoms with Crippen LogP contribution in [0.25, 0.3) is 17.3 Å². The van der Waals surface area contributed by atoms with Gasteiger partial charge in [-0.05, 0) is 55.3 Å². The fourth-order valence-electron chi connectivity index (χ4n) is 3.23. The van der Waals surface area contributed by atoms with Crippen molar-refractivity contribution in [2.75, 3.05) is 12.3 Å². The average molecular weight is 498 g/mol. The molecule has 2 heterocycles. The number of thioether (sulfide) groups is 1. The number of nitrogens with zero attached hydrogens (tertiary/aromatic N) is 3. The molecule has 34 heavy (non-hydrogen) atoms. The number of amides is 1. The molecule has 0 radical (unpaired) electrons. The second-order valence-corrected chi connectivity index (χ2v) is 10.0. The van der Waals surface area contributed by atoms with E-state index in [9.17, 15) is 13.2 Å². The van der Waals surface area contributed by atoms with Crippen LogP contribution in [0.15, 0.2) is 81.4 Å². The first kappa shape index (κ1) is 23.7. The van der Waals surface area contributed by atoms with E-state index >= 15 is 0 Å². The first-order chi connectivity index (χ1) is 16.3. The van der Waals surface area contributed by atoms with Crippen LogP contribution in [0, 0.1) is 6.92 Å². The molecule has 4 rings (SSSR count). The van der Waals surface area contributed by atoms with Gasteiger partial charge in [-0.2, -0.15) is 0 Å². The molecule has 0 saturated heterocycles. The van der Waals surface area contributed by atoms with E-state index in [1.54, 1.807) is 24.5 Å². The predicted octanol–water partition coefficient (Wildman–Crippen LogP) is 2.93. The first-order valence-electron chi connectivity index (χ1n) is 10.4. The summed E-state index contributed by atoms with van der Waals surface area (Å²) >= 11 is 1.28. The lowest BCUT2D eigenvalue weighted by Gasteiger charge is -2.10. The Morgan fingerprint density at radius 2 is 1.82 bits per heavy atom. The van der Waals surface area contributed by atoms with Crippen LogP contribution >= 0.6 is 11.8 Å². The Morgan fingerprint density at radius 3 is 2.47 bits per heavy atom. The van der Waals surface area contributed by atoms with Gasteiger partial charge >= 0.3 is 0 Å². The summed E-state index contributed by atoms with van der Waals surface area (Å²) < 4.78 is 30.0. The lowest BCUT2D eigenvalue weighted by atomic mass is 10.1. The van der Waals surface area contributed by atoms with Crippen molar-refractivity contribution in [3.63, 3.8) is 0 Å². The summed E-state index contributed by atoms with van der Waals surface area (Å²) in [5.41, 5.74) is 2.89. The summed E-state index contributed by atoms with van der Waals surface area (Å²) in [6, 6.07) is 17.8. The molecule has 11 heteroatoms. The lowest BCUT2D eigenvalue weighted by molar-refractivity contribution is -0.118. The number of rotatable bonds is 9. The number of sulfonamides is 1. The highest BCUT2D eigenvalue weighted by molar-refractivity contribution is 7.99. The molecule has 9 nitrogen and oxygen atoms in total. The molecule has 0 fully saturated rings. The highest BCUT2D eigenvalue weighted by Gasteiger charge is 2.19. The minimum atomic E-state index is -3.72. The number of carbonyl (C=O) groups excluding carboxylic acids is 1. The maximum atomic E-state index is 12.4. The second kappa shape index (κ2) is 10.2. The van der Waals surface area contributed by atoms with E-state index in [-0.39, 0.29) is 16.6 Å². The van der Waals surface area contributed by atoms with Crippen LogP contribution in [-0.4, -0.2) is 41.4 Å². The predicted molar refractivity (Wildman–Crippen MR) is 129 cm³/mol. The lowest BCUT2D eigenvalue weighted by Crippen LogP contribution is -2.27. The van der Waals surface area contributed by atoms with Crippen molar-refractivity contribution in [2.24, 2.45) is 5.14 Å². The van der Waals surface area contributed by atoms with Gasteiger partial charge in [-0.25, -0.2) is 13.6 Å². The van der Waals surface area contributed by atoms with E-state index in [0.29, 0.717) is 29.7 Å². The van der Waals surface area contributed by atoms with Crippen molar-refractivity contribution < 1.29 is 17.6 Å². The van der Waals surface area contributed by atoms with Crippen molar-refractivity contribution in [1.82, 2.24) is 20.1 Å². The molecule has 3 N–H and O–H groups in total. The molecular formula is C23H23N5O4S2. The zero-order chi connectivity index (χ0) is 24.1. The zero-order valence-electron chi connectivity index (χ0n) is 18.3. The Bertz CT molecular complexity index is 1360. The molecule has 1 amide bonds. The number of hydrogen-bond acceptors (Lipinski definition) is 7. The standard InChI is InChI=1S/C23H23N5O4S2/c1-16-4-8-18(9-5-16)28-22(20-3-2-14-32-20)26-27-23(28)33-15-21(29)25-13-12-17-6-10-19(11-7-17)34(24,30)31/h2-11,14H,12-13,15H2,1H3,(H,25,29)(H2,24,30,31). The van der Waals surface area contributed by atoms with Crippen molar-refractivity contribution in [3.8, 4) is 17.3 Å². The average Bonchev–Trinajstić information content (AvgIpc) is 3.48. The summed E-state index contributed by atoms with van der Waals surface area (Å²) in [7, 11) is -3.72. The summed E-state index contributed by atoms with van der Waals surface area (Å²) in [6.07, 6.45) is 2.13. The van der Waals surface area contributed by atoms with Crippen LogP contribution in [0.2, 0.25) is 0 Å². The van der Waals surface area contributed by atoms with E-state index in [0.717, 1.165) is 16.8 Å². The van der Waals surface area contributed by atoms with Gasteiger partial charge < -0.3 is 9.73 Å². The summed E-state index contributed by atoms with van der Waals surface area (Å²) in [6.45, 7) is 2.42. The van der Waals surface area contributed by atoms with Crippen molar-refractivity contribution in [1.29, 1.82) is 0 Å². The SMILES string of the molecule is Cc1ccc(-n2c(SCC(=O)NCCc3ccc(S(N)(=O)=O)cc3)nnc2-c2ccco2)cc1. The van der Waals surface area contributed by atoms with Gasteiger partial charge in [0.1, 0.15) is 0 Å². The van der Waals surface area contributed by atoms with Gasteiger partial charge in [-0.15, -0.1) is 10.2 Å². The first-order valence-corrected chi connectivity index (χ1v) is 12.9. The number of furan rings is 1. The van der Waals surface area contributed by atoms with Crippen LogP contribution in [0.4, 0.5) is 0 Å². The van der Waals surface area contributed by atoms with E-state index in [1.165, 1.54) is 23.9 Å². The van der Waals surface area contributed by atoms with Gasteiger partial charge in [-0.3, -0.25) is 9.36 Å². The Kier molecular flexibility index (Phi) is 7.15. The maximum absolute atomic E-state index is 12.4. The molecule has 176 valence electrons. The van der Waals surface area contributed by atoms with E-state index < -0.39 is 10.0 Å². The van der Waals surface area contributed by atoms with Crippen molar-refractivity contribution >= 4 is 27.7 Å². The van der Waals surface area contributed by atoms with Gasteiger partial charge in [0.2, 0.25) is 21.8 Å². The van der Waals surface area contributed by atoms with Crippen LogP contribution in [0.5, 0.6) is 0 Å². The summed E-state index contributed by atoms with van der Waals surface area (Å²) in [5.74, 6) is 1.15. The number of nitrogens with two attached hydrogens (primary N) is 1. The molecule has 0 saturated carbocycles. The van der Waals surface area contributed by atoms with Crippen molar-refractivity contribution in [2.45, 2.75) is 23.4 Å². The number of aryl methyl sites for hydroxylation is 1. The number of primary sulfonamides is 1. The van der Waals surface area contributed by atoms with E-state index in [4.69, 9.17) is 9.56 Å². The molecule has 0 unspecified atom stereocenters. The molecule has 0 aliphatic carbocycles. The molecule has 0 bridgehead atoms. The third-order valence-electron chi connectivity index (χ3n) is 4.99. The topological polar surface area (TPSA) is 133 Å². The maximum Gasteiger partial charge on any atom is 0.238 e. The molecule has 0 aliphatic rings. The molecular weight excluding hydrogens is 474 g/mol. The summed E-state index contributed by atoms with van der Waals surface area (Å²) in [4.78, 5) is 12.5. The quantitative estimate of drug-likeness (QED) is 0.340. The highest BCUT2D eigenvalue weighted by Crippen LogP contribution is 2.28. The number of aromatic nitrogens is 3. The Hall–Kier alpha value is -3.41. The molecule has 0 atom stereocenters. The Labute approximate surface area is 201 Å². The summed E-state index contributed by atoms with van der Waals surface area (Å²) in [5, 5.41) is 17.1.